The molecule has 19 heavy (non-hydrogen) atoms. The molecule has 0 fully saturated rings. The standard InChI is InChI=1S/C17H29NO/c1-5-12-18-16(7-3)15-10-8-9-11-17(15)19-13-14(4)6-2/h8-11,14,16,18H,5-7,12-13H2,1-4H3. The molecule has 0 spiro atoms. The molecule has 1 N–H and O–H groups in total. The Kier molecular flexibility index (Phi) is 7.57. The molecule has 1 aromatic rings. The van der Waals surface area contributed by atoms with Crippen molar-refractivity contribution in [2.75, 3.05) is 13.2 Å². The minimum atomic E-state index is 0.396. The molecule has 1 rings (SSSR count). The van der Waals surface area contributed by atoms with Crippen molar-refractivity contribution in [1.29, 1.82) is 0 Å². The van der Waals surface area contributed by atoms with Gasteiger partial charge in [-0.25, -0.2) is 0 Å². The second-order valence-corrected chi connectivity index (χ2v) is 5.28. The summed E-state index contributed by atoms with van der Waals surface area (Å²) in [6, 6.07) is 8.83. The number of nitrogens with one attached hydrogen (secondary N) is 1. The predicted molar refractivity (Wildman–Crippen MR) is 82.7 cm³/mol. The zero-order chi connectivity index (χ0) is 14.1. The topological polar surface area (TPSA) is 21.3 Å². The fourth-order valence-corrected chi connectivity index (χ4v) is 2.04. The van der Waals surface area contributed by atoms with E-state index in [0.717, 1.165) is 38.2 Å². The van der Waals surface area contributed by atoms with Crippen LogP contribution in [0.4, 0.5) is 0 Å². The minimum Gasteiger partial charge on any atom is -0.493 e. The van der Waals surface area contributed by atoms with Gasteiger partial charge in [0.2, 0.25) is 0 Å². The minimum absolute atomic E-state index is 0.396. The van der Waals surface area contributed by atoms with Gasteiger partial charge in [-0.05, 0) is 31.4 Å². The van der Waals surface area contributed by atoms with E-state index in [2.05, 4.69) is 57.3 Å². The van der Waals surface area contributed by atoms with Crippen molar-refractivity contribution in [3.63, 3.8) is 0 Å². The van der Waals surface area contributed by atoms with Crippen LogP contribution in [0.1, 0.15) is 58.6 Å². The monoisotopic (exact) mass is 263 g/mol. The van der Waals surface area contributed by atoms with Crippen LogP contribution in [0.25, 0.3) is 0 Å². The summed E-state index contributed by atoms with van der Waals surface area (Å²) in [6.07, 6.45) is 3.41. The highest BCUT2D eigenvalue weighted by Crippen LogP contribution is 2.27. The van der Waals surface area contributed by atoms with E-state index in [9.17, 15) is 0 Å². The lowest BCUT2D eigenvalue weighted by molar-refractivity contribution is 0.252. The molecular weight excluding hydrogens is 234 g/mol. The second kappa shape index (κ2) is 8.98. The van der Waals surface area contributed by atoms with Gasteiger partial charge in [-0.15, -0.1) is 0 Å². The maximum absolute atomic E-state index is 6.01. The molecule has 108 valence electrons. The molecule has 2 heteroatoms. The Morgan fingerprint density at radius 1 is 1.11 bits per heavy atom. The largest absolute Gasteiger partial charge is 0.493 e. The van der Waals surface area contributed by atoms with Gasteiger partial charge in [0, 0.05) is 11.6 Å². The van der Waals surface area contributed by atoms with Crippen LogP contribution in [0.15, 0.2) is 24.3 Å². The molecule has 0 radical (unpaired) electrons. The summed E-state index contributed by atoms with van der Waals surface area (Å²) in [6.45, 7) is 10.7. The highest BCUT2D eigenvalue weighted by molar-refractivity contribution is 5.35. The van der Waals surface area contributed by atoms with E-state index >= 15 is 0 Å². The average Bonchev–Trinajstić information content (AvgIpc) is 2.46. The molecule has 0 bridgehead atoms. The van der Waals surface area contributed by atoms with Crippen LogP contribution in [-0.4, -0.2) is 13.2 Å². The van der Waals surface area contributed by atoms with E-state index in [4.69, 9.17) is 4.74 Å². The lowest BCUT2D eigenvalue weighted by Gasteiger charge is -2.21. The van der Waals surface area contributed by atoms with Gasteiger partial charge in [0.1, 0.15) is 5.75 Å². The summed E-state index contributed by atoms with van der Waals surface area (Å²) in [5.74, 6) is 1.65. The highest BCUT2D eigenvalue weighted by atomic mass is 16.5. The number of hydrogen-bond acceptors (Lipinski definition) is 2. The van der Waals surface area contributed by atoms with Crippen LogP contribution in [0, 0.1) is 5.92 Å². The van der Waals surface area contributed by atoms with Crippen LogP contribution in [0.5, 0.6) is 5.75 Å². The highest BCUT2D eigenvalue weighted by Gasteiger charge is 2.13. The summed E-state index contributed by atoms with van der Waals surface area (Å²) in [7, 11) is 0. The predicted octanol–water partition coefficient (Wildman–Crippen LogP) is 4.56. The van der Waals surface area contributed by atoms with Crippen molar-refractivity contribution in [3.8, 4) is 5.75 Å². The SMILES string of the molecule is CCCNC(CC)c1ccccc1OCC(C)CC. The Hall–Kier alpha value is -1.02. The van der Waals surface area contributed by atoms with Crippen molar-refractivity contribution in [2.45, 2.75) is 53.0 Å². The third-order valence-electron chi connectivity index (χ3n) is 3.56. The third kappa shape index (κ3) is 5.23. The number of ether oxygens (including phenoxy) is 1. The maximum Gasteiger partial charge on any atom is 0.124 e. The van der Waals surface area contributed by atoms with Crippen molar-refractivity contribution in [2.24, 2.45) is 5.92 Å². The van der Waals surface area contributed by atoms with E-state index in [1.165, 1.54) is 5.56 Å². The molecule has 0 aromatic heterocycles. The fraction of sp³-hybridized carbons (Fsp3) is 0.647. The zero-order valence-corrected chi connectivity index (χ0v) is 12.9. The summed E-state index contributed by atoms with van der Waals surface area (Å²) >= 11 is 0. The number of benzene rings is 1. The van der Waals surface area contributed by atoms with Crippen LogP contribution in [0.3, 0.4) is 0 Å². The Labute approximate surface area is 118 Å². The molecule has 2 nitrogen and oxygen atoms in total. The van der Waals surface area contributed by atoms with E-state index < -0.39 is 0 Å². The Morgan fingerprint density at radius 2 is 1.84 bits per heavy atom. The van der Waals surface area contributed by atoms with Crippen molar-refractivity contribution in [3.05, 3.63) is 29.8 Å². The first-order valence-electron chi connectivity index (χ1n) is 7.67. The fourth-order valence-electron chi connectivity index (χ4n) is 2.04. The first kappa shape index (κ1) is 16.0. The van der Waals surface area contributed by atoms with Crippen LogP contribution in [-0.2, 0) is 0 Å². The van der Waals surface area contributed by atoms with Crippen molar-refractivity contribution in [1.82, 2.24) is 5.32 Å². The van der Waals surface area contributed by atoms with E-state index in [1.807, 2.05) is 0 Å². The normalized spacial score (nSPS) is 14.1. The van der Waals surface area contributed by atoms with Crippen molar-refractivity contribution < 1.29 is 4.74 Å². The van der Waals surface area contributed by atoms with E-state index in [-0.39, 0.29) is 0 Å². The molecule has 2 atom stereocenters. The first-order chi connectivity index (χ1) is 9.22. The molecular formula is C17H29NO. The van der Waals surface area contributed by atoms with Crippen LogP contribution >= 0.6 is 0 Å². The molecule has 0 saturated heterocycles. The maximum atomic E-state index is 6.01. The molecule has 2 unspecified atom stereocenters. The number of hydrogen-bond donors (Lipinski definition) is 1. The lowest BCUT2D eigenvalue weighted by Crippen LogP contribution is -2.22. The quantitative estimate of drug-likeness (QED) is 0.705. The Bertz CT molecular complexity index is 351. The van der Waals surface area contributed by atoms with Gasteiger partial charge >= 0.3 is 0 Å². The number of rotatable bonds is 9. The van der Waals surface area contributed by atoms with Gasteiger partial charge in [-0.2, -0.15) is 0 Å². The van der Waals surface area contributed by atoms with Gasteiger partial charge in [-0.1, -0.05) is 52.3 Å². The summed E-state index contributed by atoms with van der Waals surface area (Å²) < 4.78 is 6.01. The van der Waals surface area contributed by atoms with Crippen LogP contribution < -0.4 is 10.1 Å². The van der Waals surface area contributed by atoms with Crippen LogP contribution in [0.2, 0.25) is 0 Å². The zero-order valence-electron chi connectivity index (χ0n) is 12.9. The van der Waals surface area contributed by atoms with E-state index in [1.54, 1.807) is 0 Å². The Balaban J connectivity index is 2.75. The molecule has 0 aliphatic rings. The van der Waals surface area contributed by atoms with Gasteiger partial charge < -0.3 is 10.1 Å². The third-order valence-corrected chi connectivity index (χ3v) is 3.56. The van der Waals surface area contributed by atoms with Gasteiger partial charge in [0.05, 0.1) is 6.61 Å². The smallest absolute Gasteiger partial charge is 0.124 e. The molecule has 0 heterocycles. The molecule has 0 aliphatic carbocycles. The lowest BCUT2D eigenvalue weighted by atomic mass is 10.0. The molecule has 1 aromatic carbocycles. The Morgan fingerprint density at radius 3 is 2.47 bits per heavy atom. The molecule has 0 saturated carbocycles. The molecule has 0 amide bonds. The second-order valence-electron chi connectivity index (χ2n) is 5.28. The average molecular weight is 263 g/mol. The summed E-state index contributed by atoms with van der Waals surface area (Å²) in [5.41, 5.74) is 1.29. The van der Waals surface area contributed by atoms with Gasteiger partial charge in [0.15, 0.2) is 0 Å². The van der Waals surface area contributed by atoms with Gasteiger partial charge in [0.25, 0.3) is 0 Å². The van der Waals surface area contributed by atoms with Crippen molar-refractivity contribution >= 4 is 0 Å². The van der Waals surface area contributed by atoms with Gasteiger partial charge in [-0.3, -0.25) is 0 Å². The molecule has 0 aliphatic heterocycles. The number of para-hydroxylation sites is 1. The summed E-state index contributed by atoms with van der Waals surface area (Å²) in [4.78, 5) is 0. The summed E-state index contributed by atoms with van der Waals surface area (Å²) in [5, 5.41) is 3.60. The first-order valence-corrected chi connectivity index (χ1v) is 7.67. The van der Waals surface area contributed by atoms with E-state index in [0.29, 0.717) is 12.0 Å².